The van der Waals surface area contributed by atoms with Crippen LogP contribution in [0.3, 0.4) is 0 Å². The second-order valence-corrected chi connectivity index (χ2v) is 8.66. The summed E-state index contributed by atoms with van der Waals surface area (Å²) in [6.07, 6.45) is 1.34. The summed E-state index contributed by atoms with van der Waals surface area (Å²) < 4.78 is 36.8. The summed E-state index contributed by atoms with van der Waals surface area (Å²) in [6, 6.07) is 5.37. The zero-order valence-electron chi connectivity index (χ0n) is 17.9. The molecule has 1 N–H and O–H groups in total. The summed E-state index contributed by atoms with van der Waals surface area (Å²) in [5.74, 6) is -4.01. The van der Waals surface area contributed by atoms with Gasteiger partial charge in [0.05, 0.1) is 27.2 Å². The molecule has 0 unspecified atom stereocenters. The van der Waals surface area contributed by atoms with Crippen molar-refractivity contribution in [3.05, 3.63) is 62.5 Å². The van der Waals surface area contributed by atoms with Gasteiger partial charge in [-0.2, -0.15) is 0 Å². The van der Waals surface area contributed by atoms with Gasteiger partial charge in [-0.15, -0.1) is 0 Å². The van der Waals surface area contributed by atoms with Crippen molar-refractivity contribution in [2.75, 3.05) is 25.1 Å². The van der Waals surface area contributed by atoms with Crippen LogP contribution in [0, 0.1) is 11.6 Å². The second kappa shape index (κ2) is 11.5. The number of benzene rings is 2. The van der Waals surface area contributed by atoms with E-state index in [1.165, 1.54) is 18.2 Å². The highest BCUT2D eigenvalue weighted by molar-refractivity contribution is 8.18. The minimum absolute atomic E-state index is 0.0110. The number of ether oxygens (including phenoxy) is 2. The molecule has 0 spiro atoms. The van der Waals surface area contributed by atoms with Crippen LogP contribution in [0.4, 0.5) is 19.3 Å². The largest absolute Gasteiger partial charge is 0.479 e. The first-order valence-electron chi connectivity index (χ1n) is 9.86. The lowest BCUT2D eigenvalue weighted by Crippen LogP contribution is -2.36. The van der Waals surface area contributed by atoms with Crippen molar-refractivity contribution in [1.82, 2.24) is 4.90 Å². The third-order valence-corrected chi connectivity index (χ3v) is 5.81. The van der Waals surface area contributed by atoms with Gasteiger partial charge in [-0.3, -0.25) is 19.3 Å². The summed E-state index contributed by atoms with van der Waals surface area (Å²) in [4.78, 5) is 49.3. The number of rotatable bonds is 8. The second-order valence-electron chi connectivity index (χ2n) is 6.85. The molecule has 0 saturated carbocycles. The highest BCUT2D eigenvalue weighted by Gasteiger charge is 2.36. The first kappa shape index (κ1) is 26.5. The summed E-state index contributed by atoms with van der Waals surface area (Å²) >= 11 is 12.9. The molecule has 35 heavy (non-hydrogen) atoms. The Morgan fingerprint density at radius 2 is 1.83 bits per heavy atom. The Hall–Kier alpha value is -3.15. The number of hydrogen-bond donors (Lipinski definition) is 1. The fraction of sp³-hybridized carbons (Fsp3) is 0.182. The number of anilines is 1. The molecular formula is C22H16Cl2F2N2O6S. The quantitative estimate of drug-likeness (QED) is 0.373. The van der Waals surface area contributed by atoms with Crippen molar-refractivity contribution >= 4 is 69.8 Å². The third kappa shape index (κ3) is 6.71. The summed E-state index contributed by atoms with van der Waals surface area (Å²) in [6.45, 7) is 0.741. The molecule has 0 aromatic heterocycles. The van der Waals surface area contributed by atoms with Crippen LogP contribution >= 0.6 is 35.0 Å². The van der Waals surface area contributed by atoms with Crippen LogP contribution in [0.1, 0.15) is 12.5 Å². The van der Waals surface area contributed by atoms with Gasteiger partial charge in [0.15, 0.2) is 12.4 Å². The number of esters is 1. The number of amides is 3. The molecule has 184 valence electrons. The van der Waals surface area contributed by atoms with E-state index in [0.29, 0.717) is 28.3 Å². The number of carbonyl (C=O) groups excluding carboxylic acids is 4. The Balaban J connectivity index is 1.70. The smallest absolute Gasteiger partial charge is 0.344 e. The Morgan fingerprint density at radius 1 is 1.14 bits per heavy atom. The maximum absolute atomic E-state index is 13.7. The molecule has 0 atom stereocenters. The molecule has 2 aromatic carbocycles. The Morgan fingerprint density at radius 3 is 2.46 bits per heavy atom. The zero-order valence-corrected chi connectivity index (χ0v) is 20.2. The molecule has 1 aliphatic rings. The van der Waals surface area contributed by atoms with Crippen molar-refractivity contribution in [1.29, 1.82) is 0 Å². The van der Waals surface area contributed by atoms with Crippen molar-refractivity contribution in [2.45, 2.75) is 6.92 Å². The predicted molar refractivity (Wildman–Crippen MR) is 126 cm³/mol. The molecule has 1 saturated heterocycles. The average Bonchev–Trinajstić information content (AvgIpc) is 3.02. The van der Waals surface area contributed by atoms with Gasteiger partial charge in [0.25, 0.3) is 11.1 Å². The molecule has 0 bridgehead atoms. The maximum atomic E-state index is 13.7. The lowest BCUT2D eigenvalue weighted by molar-refractivity contribution is -0.145. The van der Waals surface area contributed by atoms with E-state index in [0.717, 1.165) is 12.1 Å². The lowest BCUT2D eigenvalue weighted by Gasteiger charge is -2.13. The van der Waals surface area contributed by atoms with Crippen molar-refractivity contribution in [3.63, 3.8) is 0 Å². The number of nitrogens with one attached hydrogen (secondary N) is 1. The van der Waals surface area contributed by atoms with Crippen LogP contribution in [-0.4, -0.2) is 47.7 Å². The Labute approximate surface area is 212 Å². The summed E-state index contributed by atoms with van der Waals surface area (Å²) in [5, 5.41) is 1.56. The van der Waals surface area contributed by atoms with E-state index in [9.17, 15) is 28.0 Å². The standard InChI is InChI=1S/C22H16Cl2F2N2O6S/c1-2-33-19(30)10-34-20-13(23)5-11(6-14(20)24)7-17-21(31)28(22(32)35-17)9-18(29)27-16-4-3-12(25)8-15(16)26/h3-8H,2,9-10H2,1H3,(H,27,29)/b17-7-. The maximum Gasteiger partial charge on any atom is 0.344 e. The van der Waals surface area contributed by atoms with Gasteiger partial charge in [-0.05, 0) is 54.6 Å². The van der Waals surface area contributed by atoms with Crippen LogP contribution in [0.15, 0.2) is 35.2 Å². The van der Waals surface area contributed by atoms with E-state index >= 15 is 0 Å². The van der Waals surface area contributed by atoms with Crippen LogP contribution in [0.5, 0.6) is 5.75 Å². The summed E-state index contributed by atoms with van der Waals surface area (Å²) in [7, 11) is 0. The number of carbonyl (C=O) groups is 4. The van der Waals surface area contributed by atoms with Gasteiger partial charge in [-0.1, -0.05) is 23.2 Å². The highest BCUT2D eigenvalue weighted by atomic mass is 35.5. The molecule has 1 fully saturated rings. The number of hydrogen-bond acceptors (Lipinski definition) is 7. The van der Waals surface area contributed by atoms with Gasteiger partial charge in [0, 0.05) is 6.07 Å². The molecule has 2 aromatic rings. The third-order valence-electron chi connectivity index (χ3n) is 4.34. The van der Waals surface area contributed by atoms with Crippen molar-refractivity contribution < 1.29 is 37.4 Å². The van der Waals surface area contributed by atoms with E-state index in [1.54, 1.807) is 6.92 Å². The number of thioether (sulfide) groups is 1. The van der Waals surface area contributed by atoms with E-state index in [1.807, 2.05) is 0 Å². The number of imide groups is 1. The molecule has 3 amide bonds. The fourth-order valence-corrected chi connectivity index (χ4v) is 4.30. The van der Waals surface area contributed by atoms with Gasteiger partial charge in [-0.25, -0.2) is 13.6 Å². The van der Waals surface area contributed by atoms with Gasteiger partial charge in [0.2, 0.25) is 5.91 Å². The first-order valence-corrected chi connectivity index (χ1v) is 11.4. The Bertz CT molecular complexity index is 1220. The molecule has 0 aliphatic carbocycles. The zero-order chi connectivity index (χ0) is 25.7. The van der Waals surface area contributed by atoms with Gasteiger partial charge >= 0.3 is 5.97 Å². The van der Waals surface area contributed by atoms with Crippen LogP contribution in [0.2, 0.25) is 10.0 Å². The van der Waals surface area contributed by atoms with Gasteiger partial charge in [0.1, 0.15) is 18.2 Å². The van der Waals surface area contributed by atoms with E-state index < -0.39 is 47.8 Å². The monoisotopic (exact) mass is 544 g/mol. The molecule has 1 heterocycles. The highest BCUT2D eigenvalue weighted by Crippen LogP contribution is 2.37. The van der Waals surface area contributed by atoms with E-state index in [-0.39, 0.29) is 33.0 Å². The molecule has 0 radical (unpaired) electrons. The lowest BCUT2D eigenvalue weighted by atomic mass is 10.2. The van der Waals surface area contributed by atoms with Crippen molar-refractivity contribution in [2.24, 2.45) is 0 Å². The minimum Gasteiger partial charge on any atom is -0.479 e. The Kier molecular flexibility index (Phi) is 8.71. The van der Waals surface area contributed by atoms with Crippen molar-refractivity contribution in [3.8, 4) is 5.75 Å². The molecule has 13 heteroatoms. The normalized spacial score (nSPS) is 14.4. The first-order chi connectivity index (χ1) is 16.6. The van der Waals surface area contributed by atoms with Crippen LogP contribution in [0.25, 0.3) is 6.08 Å². The van der Waals surface area contributed by atoms with E-state index in [2.05, 4.69) is 5.32 Å². The van der Waals surface area contributed by atoms with Crippen LogP contribution in [-0.2, 0) is 19.1 Å². The molecule has 1 aliphatic heterocycles. The average molecular weight is 545 g/mol. The SMILES string of the molecule is CCOC(=O)COc1c(Cl)cc(/C=C2\SC(=O)N(CC(=O)Nc3ccc(F)cc3F)C2=O)cc1Cl. The molecule has 8 nitrogen and oxygen atoms in total. The number of nitrogens with zero attached hydrogens (tertiary/aromatic N) is 1. The topological polar surface area (TPSA) is 102 Å². The predicted octanol–water partition coefficient (Wildman–Crippen LogP) is 4.89. The fourth-order valence-electron chi connectivity index (χ4n) is 2.85. The molecule has 3 rings (SSSR count). The van der Waals surface area contributed by atoms with Crippen LogP contribution < -0.4 is 10.1 Å². The minimum atomic E-state index is -1.00. The van der Waals surface area contributed by atoms with Gasteiger partial charge < -0.3 is 14.8 Å². The molecular weight excluding hydrogens is 529 g/mol. The summed E-state index contributed by atoms with van der Waals surface area (Å²) in [5.41, 5.74) is 0.0558. The van der Waals surface area contributed by atoms with E-state index in [4.69, 9.17) is 32.7 Å². The number of halogens is 4.